The van der Waals surface area contributed by atoms with Gasteiger partial charge in [-0.25, -0.2) is 0 Å². The maximum absolute atomic E-state index is 12.1. The summed E-state index contributed by atoms with van der Waals surface area (Å²) in [7, 11) is 0. The quantitative estimate of drug-likeness (QED) is 0.749. The van der Waals surface area contributed by atoms with Gasteiger partial charge in [0.25, 0.3) is 0 Å². The maximum atomic E-state index is 12.1. The zero-order chi connectivity index (χ0) is 12.5. The number of hydrogen-bond acceptors (Lipinski definition) is 3. The molecule has 0 spiro atoms. The number of anilines is 1. The number of hydrogen-bond donors (Lipinski definition) is 3. The minimum Gasteiger partial charge on any atom is -0.326 e. The SMILES string of the molecule is CC1NCCC1C(=O)Nc1ccc2[nH]ncc2c1. The molecule has 18 heavy (non-hydrogen) atoms. The van der Waals surface area contributed by atoms with Gasteiger partial charge in [-0.15, -0.1) is 0 Å². The van der Waals surface area contributed by atoms with Gasteiger partial charge in [-0.3, -0.25) is 9.89 Å². The fourth-order valence-electron chi connectivity index (χ4n) is 2.47. The van der Waals surface area contributed by atoms with Crippen molar-refractivity contribution >= 4 is 22.5 Å². The van der Waals surface area contributed by atoms with Crippen LogP contribution < -0.4 is 10.6 Å². The van der Waals surface area contributed by atoms with Crippen LogP contribution in [0.3, 0.4) is 0 Å². The number of rotatable bonds is 2. The molecule has 1 amide bonds. The van der Waals surface area contributed by atoms with Gasteiger partial charge in [-0.05, 0) is 38.1 Å². The Balaban J connectivity index is 1.77. The summed E-state index contributed by atoms with van der Waals surface area (Å²) in [4.78, 5) is 12.1. The van der Waals surface area contributed by atoms with Gasteiger partial charge in [-0.1, -0.05) is 0 Å². The van der Waals surface area contributed by atoms with Gasteiger partial charge in [0.05, 0.1) is 17.6 Å². The van der Waals surface area contributed by atoms with Gasteiger partial charge in [0.2, 0.25) is 5.91 Å². The first-order valence-corrected chi connectivity index (χ1v) is 6.21. The Morgan fingerprint density at radius 2 is 2.39 bits per heavy atom. The minimum absolute atomic E-state index is 0.0602. The molecule has 0 radical (unpaired) electrons. The van der Waals surface area contributed by atoms with E-state index in [-0.39, 0.29) is 17.9 Å². The Kier molecular flexibility index (Phi) is 2.76. The second kappa shape index (κ2) is 4.42. The molecule has 1 saturated heterocycles. The normalized spacial score (nSPS) is 23.4. The Labute approximate surface area is 105 Å². The third kappa shape index (κ3) is 1.97. The standard InChI is InChI=1S/C13H16N4O/c1-8-11(4-5-14-8)13(18)16-10-2-3-12-9(6-10)7-15-17-12/h2-3,6-8,11,14H,4-5H2,1H3,(H,15,17)(H,16,18). The van der Waals surface area contributed by atoms with Crippen LogP contribution in [0.1, 0.15) is 13.3 Å². The van der Waals surface area contributed by atoms with Crippen molar-refractivity contribution in [1.29, 1.82) is 0 Å². The lowest BCUT2D eigenvalue weighted by molar-refractivity contribution is -0.119. The van der Waals surface area contributed by atoms with Crippen LogP contribution in [0.5, 0.6) is 0 Å². The Morgan fingerprint density at radius 1 is 1.50 bits per heavy atom. The van der Waals surface area contributed by atoms with E-state index in [1.807, 2.05) is 18.2 Å². The lowest BCUT2D eigenvalue weighted by Gasteiger charge is -2.14. The number of fused-ring (bicyclic) bond motifs is 1. The van der Waals surface area contributed by atoms with Crippen LogP contribution in [0.4, 0.5) is 5.69 Å². The number of nitrogens with one attached hydrogen (secondary N) is 3. The summed E-state index contributed by atoms with van der Waals surface area (Å²) in [5.74, 6) is 0.153. The molecular formula is C13H16N4O. The van der Waals surface area contributed by atoms with Crippen molar-refractivity contribution in [3.05, 3.63) is 24.4 Å². The second-order valence-electron chi connectivity index (χ2n) is 4.80. The van der Waals surface area contributed by atoms with E-state index in [0.29, 0.717) is 0 Å². The molecule has 94 valence electrons. The Morgan fingerprint density at radius 3 is 3.17 bits per heavy atom. The van der Waals surface area contributed by atoms with E-state index in [0.717, 1.165) is 29.6 Å². The first-order valence-electron chi connectivity index (χ1n) is 6.21. The lowest BCUT2D eigenvalue weighted by atomic mass is 10.0. The minimum atomic E-state index is 0.0602. The van der Waals surface area contributed by atoms with Crippen LogP contribution in [0, 0.1) is 5.92 Å². The molecule has 2 unspecified atom stereocenters. The summed E-state index contributed by atoms with van der Waals surface area (Å²) < 4.78 is 0. The molecule has 2 aromatic rings. The Bertz CT molecular complexity index is 577. The van der Waals surface area contributed by atoms with Crippen molar-refractivity contribution in [2.45, 2.75) is 19.4 Å². The van der Waals surface area contributed by atoms with Crippen molar-refractivity contribution in [2.75, 3.05) is 11.9 Å². The van der Waals surface area contributed by atoms with E-state index < -0.39 is 0 Å². The zero-order valence-electron chi connectivity index (χ0n) is 10.2. The number of nitrogens with zero attached hydrogens (tertiary/aromatic N) is 1. The van der Waals surface area contributed by atoms with Crippen LogP contribution in [-0.4, -0.2) is 28.7 Å². The number of carbonyl (C=O) groups excluding carboxylic acids is 1. The monoisotopic (exact) mass is 244 g/mol. The molecule has 3 rings (SSSR count). The summed E-state index contributed by atoms with van der Waals surface area (Å²) in [5.41, 5.74) is 1.80. The smallest absolute Gasteiger partial charge is 0.229 e. The number of aromatic nitrogens is 2. The third-order valence-electron chi connectivity index (χ3n) is 3.57. The van der Waals surface area contributed by atoms with Crippen LogP contribution in [0.15, 0.2) is 24.4 Å². The van der Waals surface area contributed by atoms with E-state index >= 15 is 0 Å². The number of aromatic amines is 1. The second-order valence-corrected chi connectivity index (χ2v) is 4.80. The molecule has 0 bridgehead atoms. The summed E-state index contributed by atoms with van der Waals surface area (Å²) in [6.07, 6.45) is 2.66. The van der Waals surface area contributed by atoms with E-state index in [4.69, 9.17) is 0 Å². The van der Waals surface area contributed by atoms with E-state index in [1.54, 1.807) is 6.20 Å². The van der Waals surface area contributed by atoms with Gasteiger partial charge in [0, 0.05) is 17.1 Å². The van der Waals surface area contributed by atoms with Gasteiger partial charge in [0.1, 0.15) is 0 Å². The van der Waals surface area contributed by atoms with Crippen molar-refractivity contribution in [3.63, 3.8) is 0 Å². The largest absolute Gasteiger partial charge is 0.326 e. The highest BCUT2D eigenvalue weighted by molar-refractivity contribution is 5.95. The molecule has 5 nitrogen and oxygen atoms in total. The molecule has 1 fully saturated rings. The maximum Gasteiger partial charge on any atom is 0.229 e. The molecule has 1 aromatic carbocycles. The van der Waals surface area contributed by atoms with Crippen LogP contribution in [-0.2, 0) is 4.79 Å². The van der Waals surface area contributed by atoms with E-state index in [1.165, 1.54) is 0 Å². The highest BCUT2D eigenvalue weighted by Crippen LogP contribution is 2.20. The predicted molar refractivity (Wildman–Crippen MR) is 70.3 cm³/mol. The van der Waals surface area contributed by atoms with Crippen LogP contribution in [0.2, 0.25) is 0 Å². The highest BCUT2D eigenvalue weighted by Gasteiger charge is 2.29. The van der Waals surface area contributed by atoms with E-state index in [9.17, 15) is 4.79 Å². The van der Waals surface area contributed by atoms with Crippen LogP contribution in [0.25, 0.3) is 10.9 Å². The third-order valence-corrected chi connectivity index (χ3v) is 3.57. The van der Waals surface area contributed by atoms with Crippen molar-refractivity contribution < 1.29 is 4.79 Å². The highest BCUT2D eigenvalue weighted by atomic mass is 16.1. The number of H-pyrrole nitrogens is 1. The summed E-state index contributed by atoms with van der Waals surface area (Å²) in [6.45, 7) is 2.97. The topological polar surface area (TPSA) is 69.8 Å². The van der Waals surface area contributed by atoms with Crippen LogP contribution >= 0.6 is 0 Å². The fraction of sp³-hybridized carbons (Fsp3) is 0.385. The van der Waals surface area contributed by atoms with E-state index in [2.05, 4.69) is 27.8 Å². The first-order chi connectivity index (χ1) is 8.74. The molecule has 2 atom stereocenters. The summed E-state index contributed by atoms with van der Waals surface area (Å²) >= 11 is 0. The number of carbonyl (C=O) groups is 1. The molecule has 1 aliphatic heterocycles. The molecule has 0 aliphatic carbocycles. The molecule has 1 aromatic heterocycles. The van der Waals surface area contributed by atoms with Crippen molar-refractivity contribution in [3.8, 4) is 0 Å². The molecule has 3 N–H and O–H groups in total. The summed E-state index contributed by atoms with van der Waals surface area (Å²) in [6, 6.07) is 6.01. The number of benzene rings is 1. The molecule has 5 heteroatoms. The summed E-state index contributed by atoms with van der Waals surface area (Å²) in [5, 5.41) is 14.1. The van der Waals surface area contributed by atoms with Gasteiger partial charge in [0.15, 0.2) is 0 Å². The van der Waals surface area contributed by atoms with Gasteiger partial charge in [-0.2, -0.15) is 5.10 Å². The first kappa shape index (κ1) is 11.2. The predicted octanol–water partition coefficient (Wildman–Crippen LogP) is 1.50. The Hall–Kier alpha value is -1.88. The fourth-order valence-corrected chi connectivity index (χ4v) is 2.47. The zero-order valence-corrected chi connectivity index (χ0v) is 10.2. The van der Waals surface area contributed by atoms with Gasteiger partial charge >= 0.3 is 0 Å². The van der Waals surface area contributed by atoms with Crippen molar-refractivity contribution in [1.82, 2.24) is 15.5 Å². The average molecular weight is 244 g/mol. The van der Waals surface area contributed by atoms with Crippen molar-refractivity contribution in [2.24, 2.45) is 5.92 Å². The number of amides is 1. The molecule has 1 aliphatic rings. The van der Waals surface area contributed by atoms with Gasteiger partial charge < -0.3 is 10.6 Å². The lowest BCUT2D eigenvalue weighted by Crippen LogP contribution is -2.32. The molecule has 2 heterocycles. The molecule has 0 saturated carbocycles. The molecular weight excluding hydrogens is 228 g/mol. The average Bonchev–Trinajstić information content (AvgIpc) is 2.96.